The Bertz CT molecular complexity index is 151. The van der Waals surface area contributed by atoms with Gasteiger partial charge in [0.05, 0.1) is 0 Å². The lowest BCUT2D eigenvalue weighted by Crippen LogP contribution is -2.36. The van der Waals surface area contributed by atoms with Gasteiger partial charge in [0.1, 0.15) is 0 Å². The van der Waals surface area contributed by atoms with Crippen LogP contribution < -0.4 is 5.32 Å². The van der Waals surface area contributed by atoms with Crippen LogP contribution in [0.4, 0.5) is 0 Å². The van der Waals surface area contributed by atoms with Crippen molar-refractivity contribution in [3.05, 3.63) is 0 Å². The molecule has 0 amide bonds. The van der Waals surface area contributed by atoms with Crippen molar-refractivity contribution in [2.24, 2.45) is 11.8 Å². The van der Waals surface area contributed by atoms with Gasteiger partial charge in [-0.2, -0.15) is 0 Å². The number of hydrogen-bond acceptors (Lipinski definition) is 2. The Morgan fingerprint density at radius 3 is 2.33 bits per heavy atom. The Morgan fingerprint density at radius 1 is 1.07 bits per heavy atom. The van der Waals surface area contributed by atoms with Gasteiger partial charge in [-0.25, -0.2) is 0 Å². The molecule has 0 heterocycles. The summed E-state index contributed by atoms with van der Waals surface area (Å²) < 4.78 is 5.04. The van der Waals surface area contributed by atoms with E-state index in [-0.39, 0.29) is 0 Å². The molecular weight excluding hydrogens is 186 g/mol. The highest BCUT2D eigenvalue weighted by Gasteiger charge is 2.22. The summed E-state index contributed by atoms with van der Waals surface area (Å²) in [5, 5.41) is 3.69. The molecule has 2 nitrogen and oxygen atoms in total. The van der Waals surface area contributed by atoms with Crippen molar-refractivity contribution in [2.75, 3.05) is 20.3 Å². The topological polar surface area (TPSA) is 21.3 Å². The molecule has 15 heavy (non-hydrogen) atoms. The summed E-state index contributed by atoms with van der Waals surface area (Å²) in [6.45, 7) is 6.83. The second kappa shape index (κ2) is 7.24. The van der Waals surface area contributed by atoms with E-state index in [2.05, 4.69) is 19.2 Å². The van der Waals surface area contributed by atoms with Crippen molar-refractivity contribution in [3.8, 4) is 0 Å². The average Bonchev–Trinajstić information content (AvgIpc) is 2.16. The van der Waals surface area contributed by atoms with Crippen LogP contribution in [0.1, 0.15) is 46.0 Å². The van der Waals surface area contributed by atoms with E-state index in [9.17, 15) is 0 Å². The maximum absolute atomic E-state index is 5.04. The van der Waals surface area contributed by atoms with E-state index in [0.29, 0.717) is 0 Å². The summed E-state index contributed by atoms with van der Waals surface area (Å²) in [5.74, 6) is 1.82. The molecule has 0 aliphatic heterocycles. The summed E-state index contributed by atoms with van der Waals surface area (Å²) in [5.41, 5.74) is 0. The van der Waals surface area contributed by atoms with Crippen molar-refractivity contribution in [1.82, 2.24) is 5.32 Å². The first kappa shape index (κ1) is 13.0. The maximum Gasteiger partial charge on any atom is 0.0462 e. The normalized spacial score (nSPS) is 31.8. The van der Waals surface area contributed by atoms with Gasteiger partial charge < -0.3 is 10.1 Å². The monoisotopic (exact) mass is 213 g/mol. The molecule has 0 saturated heterocycles. The molecule has 1 rings (SSSR count). The second-order valence-electron chi connectivity index (χ2n) is 5.27. The highest BCUT2D eigenvalue weighted by molar-refractivity contribution is 4.79. The number of hydrogen-bond donors (Lipinski definition) is 1. The zero-order valence-electron chi connectivity index (χ0n) is 10.6. The first-order valence-corrected chi connectivity index (χ1v) is 6.44. The molecular formula is C13H27NO. The van der Waals surface area contributed by atoms with E-state index in [4.69, 9.17) is 4.74 Å². The van der Waals surface area contributed by atoms with E-state index in [1.807, 2.05) is 0 Å². The number of unbranched alkanes of at least 4 members (excludes halogenated alkanes) is 1. The van der Waals surface area contributed by atoms with E-state index in [0.717, 1.165) is 31.0 Å². The summed E-state index contributed by atoms with van der Waals surface area (Å²) in [7, 11) is 1.78. The minimum absolute atomic E-state index is 0.770. The summed E-state index contributed by atoms with van der Waals surface area (Å²) in [4.78, 5) is 0. The summed E-state index contributed by atoms with van der Waals surface area (Å²) >= 11 is 0. The van der Waals surface area contributed by atoms with Gasteiger partial charge in [-0.05, 0) is 50.5 Å². The standard InChI is InChI=1S/C13H27NO/c1-11-8-12(2)10-13(9-11)14-6-4-5-7-15-3/h11-14H,4-10H2,1-3H3. The van der Waals surface area contributed by atoms with Gasteiger partial charge in [0, 0.05) is 19.8 Å². The average molecular weight is 213 g/mol. The van der Waals surface area contributed by atoms with Gasteiger partial charge in [-0.15, -0.1) is 0 Å². The van der Waals surface area contributed by atoms with Gasteiger partial charge in [0.25, 0.3) is 0 Å². The van der Waals surface area contributed by atoms with Crippen LogP contribution in [0, 0.1) is 11.8 Å². The molecule has 1 saturated carbocycles. The molecule has 90 valence electrons. The zero-order valence-corrected chi connectivity index (χ0v) is 10.6. The number of nitrogens with one attached hydrogen (secondary N) is 1. The van der Waals surface area contributed by atoms with Crippen LogP contribution in [0.15, 0.2) is 0 Å². The molecule has 0 aromatic rings. The van der Waals surface area contributed by atoms with Gasteiger partial charge in [0.2, 0.25) is 0 Å². The molecule has 0 radical (unpaired) electrons. The van der Waals surface area contributed by atoms with Crippen LogP contribution >= 0.6 is 0 Å². The highest BCUT2D eigenvalue weighted by atomic mass is 16.5. The lowest BCUT2D eigenvalue weighted by Gasteiger charge is -2.32. The quantitative estimate of drug-likeness (QED) is 0.685. The summed E-state index contributed by atoms with van der Waals surface area (Å²) in [6, 6.07) is 0.770. The minimum Gasteiger partial charge on any atom is -0.385 e. The van der Waals surface area contributed by atoms with Crippen molar-refractivity contribution < 1.29 is 4.74 Å². The lowest BCUT2D eigenvalue weighted by molar-refractivity contribution is 0.190. The fraction of sp³-hybridized carbons (Fsp3) is 1.00. The molecule has 2 atom stereocenters. The van der Waals surface area contributed by atoms with Gasteiger partial charge >= 0.3 is 0 Å². The first-order valence-electron chi connectivity index (χ1n) is 6.44. The van der Waals surface area contributed by atoms with Crippen LogP contribution in [-0.2, 0) is 4.74 Å². The van der Waals surface area contributed by atoms with Crippen LogP contribution in [0.25, 0.3) is 0 Å². The Morgan fingerprint density at radius 2 is 1.73 bits per heavy atom. The molecule has 0 aromatic heterocycles. The third-order valence-corrected chi connectivity index (χ3v) is 3.39. The van der Waals surface area contributed by atoms with E-state index in [1.165, 1.54) is 32.1 Å². The molecule has 1 aliphatic carbocycles. The van der Waals surface area contributed by atoms with E-state index >= 15 is 0 Å². The van der Waals surface area contributed by atoms with Crippen LogP contribution in [0.2, 0.25) is 0 Å². The Balaban J connectivity index is 2.04. The van der Waals surface area contributed by atoms with Crippen LogP contribution in [0.3, 0.4) is 0 Å². The molecule has 1 fully saturated rings. The van der Waals surface area contributed by atoms with Crippen molar-refractivity contribution >= 4 is 0 Å². The fourth-order valence-corrected chi connectivity index (χ4v) is 2.79. The number of ether oxygens (including phenoxy) is 1. The van der Waals surface area contributed by atoms with Crippen LogP contribution in [0.5, 0.6) is 0 Å². The molecule has 0 bridgehead atoms. The smallest absolute Gasteiger partial charge is 0.0462 e. The Kier molecular flexibility index (Phi) is 6.26. The van der Waals surface area contributed by atoms with Gasteiger partial charge in [-0.1, -0.05) is 13.8 Å². The Labute approximate surface area is 94.8 Å². The number of rotatable bonds is 6. The van der Waals surface area contributed by atoms with E-state index < -0.39 is 0 Å². The highest BCUT2D eigenvalue weighted by Crippen LogP contribution is 2.28. The molecule has 1 aliphatic rings. The predicted molar refractivity (Wildman–Crippen MR) is 65.1 cm³/mol. The minimum atomic E-state index is 0.770. The lowest BCUT2D eigenvalue weighted by atomic mass is 9.80. The van der Waals surface area contributed by atoms with Crippen molar-refractivity contribution in [1.29, 1.82) is 0 Å². The molecule has 0 aromatic carbocycles. The third-order valence-electron chi connectivity index (χ3n) is 3.39. The third kappa shape index (κ3) is 5.53. The predicted octanol–water partition coefficient (Wildman–Crippen LogP) is 2.83. The van der Waals surface area contributed by atoms with E-state index in [1.54, 1.807) is 7.11 Å². The molecule has 0 spiro atoms. The first-order chi connectivity index (χ1) is 7.22. The van der Waals surface area contributed by atoms with Crippen LogP contribution in [-0.4, -0.2) is 26.3 Å². The maximum atomic E-state index is 5.04. The number of methoxy groups -OCH3 is 1. The SMILES string of the molecule is COCCCCNC1CC(C)CC(C)C1. The largest absolute Gasteiger partial charge is 0.385 e. The molecule has 2 heteroatoms. The summed E-state index contributed by atoms with van der Waals surface area (Å²) in [6.07, 6.45) is 6.58. The zero-order chi connectivity index (χ0) is 11.1. The van der Waals surface area contributed by atoms with Gasteiger partial charge in [0.15, 0.2) is 0 Å². The fourth-order valence-electron chi connectivity index (χ4n) is 2.79. The molecule has 1 N–H and O–H groups in total. The molecule has 2 unspecified atom stereocenters. The van der Waals surface area contributed by atoms with Gasteiger partial charge in [-0.3, -0.25) is 0 Å². The van der Waals surface area contributed by atoms with Crippen molar-refractivity contribution in [2.45, 2.75) is 52.0 Å². The Hall–Kier alpha value is -0.0800. The van der Waals surface area contributed by atoms with Crippen molar-refractivity contribution in [3.63, 3.8) is 0 Å². The second-order valence-corrected chi connectivity index (χ2v) is 5.27.